The number of carbonyl (C=O) groups excluding carboxylic acids is 2. The maximum absolute atomic E-state index is 13.5. The van der Waals surface area contributed by atoms with Crippen molar-refractivity contribution in [3.05, 3.63) is 94.1 Å². The lowest BCUT2D eigenvalue weighted by Gasteiger charge is -2.26. The Morgan fingerprint density at radius 2 is 1.68 bits per heavy atom. The molecule has 0 bridgehead atoms. The summed E-state index contributed by atoms with van der Waals surface area (Å²) < 4.78 is 11.3. The number of carbonyl (C=O) groups is 2. The third-order valence-corrected chi connectivity index (χ3v) is 6.36. The molecule has 0 radical (unpaired) electrons. The van der Waals surface area contributed by atoms with E-state index in [9.17, 15) is 14.7 Å². The third kappa shape index (κ3) is 5.24. The first-order valence-corrected chi connectivity index (χ1v) is 12.4. The number of anilines is 1. The fraction of sp³-hybridized carbons (Fsp3) is 0.290. The smallest absolute Gasteiger partial charge is 0.300 e. The number of nitrogens with zero attached hydrogens (tertiary/aromatic N) is 1. The molecule has 0 aromatic heterocycles. The fourth-order valence-electron chi connectivity index (χ4n) is 4.69. The molecule has 3 aromatic rings. The summed E-state index contributed by atoms with van der Waals surface area (Å²) in [5, 5.41) is 11.5. The zero-order valence-electron chi connectivity index (χ0n) is 22.2. The summed E-state index contributed by atoms with van der Waals surface area (Å²) in [5.41, 5.74) is 4.50. The minimum atomic E-state index is -0.825. The number of Topliss-reactive ketones (excluding diaryl/α,β-unsaturated/α-hetero) is 1. The van der Waals surface area contributed by atoms with Crippen LogP contribution in [0.1, 0.15) is 47.7 Å². The van der Waals surface area contributed by atoms with Crippen LogP contribution in [0.2, 0.25) is 0 Å². The molecule has 192 valence electrons. The Balaban J connectivity index is 1.89. The van der Waals surface area contributed by atoms with E-state index in [0.29, 0.717) is 40.8 Å². The van der Waals surface area contributed by atoms with Crippen molar-refractivity contribution in [1.82, 2.24) is 0 Å². The van der Waals surface area contributed by atoms with Crippen LogP contribution in [0.5, 0.6) is 11.5 Å². The van der Waals surface area contributed by atoms with Gasteiger partial charge in [0.2, 0.25) is 0 Å². The second-order valence-electron chi connectivity index (χ2n) is 9.98. The van der Waals surface area contributed by atoms with E-state index in [1.165, 1.54) is 4.90 Å². The molecule has 6 heteroatoms. The van der Waals surface area contributed by atoms with Crippen molar-refractivity contribution in [2.45, 2.75) is 40.7 Å². The Labute approximate surface area is 218 Å². The molecular formula is C31H33NO5. The number of benzene rings is 3. The van der Waals surface area contributed by atoms with Crippen LogP contribution in [0.3, 0.4) is 0 Å². The molecule has 3 aromatic carbocycles. The first kappa shape index (κ1) is 26.0. The number of hydrogen-bond acceptors (Lipinski definition) is 5. The summed E-state index contributed by atoms with van der Waals surface area (Å²) in [6.07, 6.45) is 0. The minimum Gasteiger partial charge on any atom is -0.507 e. The van der Waals surface area contributed by atoms with E-state index < -0.39 is 17.7 Å². The Hall–Kier alpha value is -4.06. The molecule has 1 unspecified atom stereocenters. The largest absolute Gasteiger partial charge is 0.507 e. The van der Waals surface area contributed by atoms with E-state index in [1.54, 1.807) is 43.5 Å². The predicted molar refractivity (Wildman–Crippen MR) is 145 cm³/mol. The highest BCUT2D eigenvalue weighted by atomic mass is 16.5. The molecule has 0 saturated carbocycles. The van der Waals surface area contributed by atoms with Crippen LogP contribution < -0.4 is 14.4 Å². The molecule has 0 aliphatic carbocycles. The van der Waals surface area contributed by atoms with Gasteiger partial charge in [-0.15, -0.1) is 0 Å². The summed E-state index contributed by atoms with van der Waals surface area (Å²) in [7, 11) is 1.56. The highest BCUT2D eigenvalue weighted by molar-refractivity contribution is 6.51. The molecule has 1 saturated heterocycles. The molecule has 1 fully saturated rings. The summed E-state index contributed by atoms with van der Waals surface area (Å²) in [4.78, 5) is 28.4. The third-order valence-electron chi connectivity index (χ3n) is 6.36. The van der Waals surface area contributed by atoms with Gasteiger partial charge < -0.3 is 14.6 Å². The van der Waals surface area contributed by atoms with Crippen LogP contribution in [0.25, 0.3) is 5.76 Å². The molecule has 0 spiro atoms. The van der Waals surface area contributed by atoms with Crippen LogP contribution in [-0.4, -0.2) is 30.5 Å². The molecular weight excluding hydrogens is 466 g/mol. The number of rotatable bonds is 7. The second kappa shape index (κ2) is 10.5. The molecule has 1 heterocycles. The summed E-state index contributed by atoms with van der Waals surface area (Å²) >= 11 is 0. The standard InChI is InChI=1S/C31H33NO5/c1-18(2)17-37-26-11-10-23(15-21(26)5)29(33)27-28(22-8-7-9-25(16-22)36-6)32(31(35)30(27)34)24-13-19(3)12-20(4)14-24/h7-16,18,28,33H,17H2,1-6H3/b29-27-. The quantitative estimate of drug-likeness (QED) is 0.235. The summed E-state index contributed by atoms with van der Waals surface area (Å²) in [5.74, 6) is 0.0275. The molecule has 1 aliphatic rings. The van der Waals surface area contributed by atoms with Gasteiger partial charge >= 0.3 is 0 Å². The average Bonchev–Trinajstić information content (AvgIpc) is 3.12. The van der Waals surface area contributed by atoms with Gasteiger partial charge in [0.05, 0.1) is 25.3 Å². The molecule has 6 nitrogen and oxygen atoms in total. The van der Waals surface area contributed by atoms with E-state index in [1.807, 2.05) is 45.0 Å². The molecule has 1 N–H and O–H groups in total. The Morgan fingerprint density at radius 3 is 2.30 bits per heavy atom. The van der Waals surface area contributed by atoms with Crippen molar-refractivity contribution < 1.29 is 24.2 Å². The maximum Gasteiger partial charge on any atom is 0.300 e. The van der Waals surface area contributed by atoms with E-state index in [-0.39, 0.29) is 11.3 Å². The van der Waals surface area contributed by atoms with Gasteiger partial charge in [0, 0.05) is 11.3 Å². The number of aryl methyl sites for hydroxylation is 3. The second-order valence-corrected chi connectivity index (χ2v) is 9.98. The molecule has 1 atom stereocenters. The van der Waals surface area contributed by atoms with Crippen LogP contribution in [-0.2, 0) is 9.59 Å². The first-order chi connectivity index (χ1) is 17.6. The molecule has 1 amide bonds. The van der Waals surface area contributed by atoms with Gasteiger partial charge in [0.1, 0.15) is 17.3 Å². The lowest BCUT2D eigenvalue weighted by atomic mass is 9.94. The first-order valence-electron chi connectivity index (χ1n) is 12.4. The van der Waals surface area contributed by atoms with Crippen LogP contribution in [0.15, 0.2) is 66.2 Å². The Bertz CT molecular complexity index is 1370. The number of methoxy groups -OCH3 is 1. The Kier molecular flexibility index (Phi) is 7.39. The van der Waals surface area contributed by atoms with Gasteiger partial charge in [0.15, 0.2) is 0 Å². The van der Waals surface area contributed by atoms with Crippen molar-refractivity contribution >= 4 is 23.1 Å². The lowest BCUT2D eigenvalue weighted by Crippen LogP contribution is -2.29. The van der Waals surface area contributed by atoms with E-state index in [2.05, 4.69) is 13.8 Å². The zero-order chi connectivity index (χ0) is 26.9. The van der Waals surface area contributed by atoms with Crippen LogP contribution in [0, 0.1) is 26.7 Å². The predicted octanol–water partition coefficient (Wildman–Crippen LogP) is 6.28. The SMILES string of the molecule is COc1cccc(C2/C(=C(/O)c3ccc(OCC(C)C)c(C)c3)C(=O)C(=O)N2c2cc(C)cc(C)c2)c1. The monoisotopic (exact) mass is 499 g/mol. The fourth-order valence-corrected chi connectivity index (χ4v) is 4.69. The number of ether oxygens (including phenoxy) is 2. The van der Waals surface area contributed by atoms with E-state index >= 15 is 0 Å². The van der Waals surface area contributed by atoms with E-state index in [0.717, 1.165) is 16.7 Å². The Morgan fingerprint density at radius 1 is 0.973 bits per heavy atom. The van der Waals surface area contributed by atoms with Gasteiger partial charge in [-0.3, -0.25) is 14.5 Å². The molecule has 1 aliphatic heterocycles. The normalized spacial score (nSPS) is 16.9. The number of ketones is 1. The number of amides is 1. The topological polar surface area (TPSA) is 76.1 Å². The van der Waals surface area contributed by atoms with Gasteiger partial charge in [-0.05, 0) is 91.4 Å². The highest BCUT2D eigenvalue weighted by Gasteiger charge is 2.47. The van der Waals surface area contributed by atoms with E-state index in [4.69, 9.17) is 9.47 Å². The van der Waals surface area contributed by atoms with Crippen molar-refractivity contribution in [2.75, 3.05) is 18.6 Å². The zero-order valence-corrected chi connectivity index (χ0v) is 22.2. The van der Waals surface area contributed by atoms with Gasteiger partial charge in [-0.2, -0.15) is 0 Å². The van der Waals surface area contributed by atoms with Crippen LogP contribution >= 0.6 is 0 Å². The number of aliphatic hydroxyl groups is 1. The maximum atomic E-state index is 13.5. The number of hydrogen-bond donors (Lipinski definition) is 1. The van der Waals surface area contributed by atoms with Crippen molar-refractivity contribution in [1.29, 1.82) is 0 Å². The van der Waals surface area contributed by atoms with Crippen molar-refractivity contribution in [3.8, 4) is 11.5 Å². The van der Waals surface area contributed by atoms with Gasteiger partial charge in [0.25, 0.3) is 11.7 Å². The average molecular weight is 500 g/mol. The minimum absolute atomic E-state index is 0.0349. The lowest BCUT2D eigenvalue weighted by molar-refractivity contribution is -0.132. The molecule has 4 rings (SSSR count). The van der Waals surface area contributed by atoms with Crippen LogP contribution in [0.4, 0.5) is 5.69 Å². The highest BCUT2D eigenvalue weighted by Crippen LogP contribution is 2.43. The molecule has 37 heavy (non-hydrogen) atoms. The summed E-state index contributed by atoms with van der Waals surface area (Å²) in [6, 6.07) is 17.4. The van der Waals surface area contributed by atoms with Crippen molar-refractivity contribution in [3.63, 3.8) is 0 Å². The van der Waals surface area contributed by atoms with Gasteiger partial charge in [-0.1, -0.05) is 32.0 Å². The summed E-state index contributed by atoms with van der Waals surface area (Å²) in [6.45, 7) is 10.5. The number of aliphatic hydroxyl groups excluding tert-OH is 1. The van der Waals surface area contributed by atoms with Crippen molar-refractivity contribution in [2.24, 2.45) is 5.92 Å². The van der Waals surface area contributed by atoms with Gasteiger partial charge in [-0.25, -0.2) is 0 Å².